The Hall–Kier alpha value is -3.26. The second-order valence-corrected chi connectivity index (χ2v) is 7.96. The van der Waals surface area contributed by atoms with E-state index >= 15 is 0 Å². The van der Waals surface area contributed by atoms with E-state index in [1.807, 2.05) is 12.1 Å². The van der Waals surface area contributed by atoms with Crippen molar-refractivity contribution in [1.82, 2.24) is 20.1 Å². The first-order chi connectivity index (χ1) is 15.0. The minimum atomic E-state index is -0.284. The fourth-order valence-electron chi connectivity index (χ4n) is 3.99. The fraction of sp³-hybridized carbons (Fsp3) is 0.391. The number of rotatable bonds is 7. The third kappa shape index (κ3) is 4.59. The predicted molar refractivity (Wildman–Crippen MR) is 117 cm³/mol. The highest BCUT2D eigenvalue weighted by atomic mass is 16.2. The van der Waals surface area contributed by atoms with Crippen LogP contribution in [0.25, 0.3) is 0 Å². The summed E-state index contributed by atoms with van der Waals surface area (Å²) in [6, 6.07) is 10.7. The van der Waals surface area contributed by atoms with Crippen molar-refractivity contribution in [1.29, 1.82) is 0 Å². The van der Waals surface area contributed by atoms with E-state index in [0.29, 0.717) is 24.1 Å². The Morgan fingerprint density at radius 1 is 1.00 bits per heavy atom. The van der Waals surface area contributed by atoms with E-state index < -0.39 is 0 Å². The van der Waals surface area contributed by atoms with Gasteiger partial charge < -0.3 is 15.1 Å². The normalized spacial score (nSPS) is 16.5. The van der Waals surface area contributed by atoms with Gasteiger partial charge in [-0.3, -0.25) is 19.3 Å². The van der Waals surface area contributed by atoms with Crippen molar-refractivity contribution in [3.8, 4) is 0 Å². The summed E-state index contributed by atoms with van der Waals surface area (Å²) in [5.74, 6) is 0.244. The fourth-order valence-corrected chi connectivity index (χ4v) is 3.99. The zero-order valence-electron chi connectivity index (χ0n) is 17.7. The molecule has 2 aromatic rings. The van der Waals surface area contributed by atoms with Crippen LogP contribution in [0.1, 0.15) is 39.1 Å². The van der Waals surface area contributed by atoms with Gasteiger partial charge in [0, 0.05) is 57.4 Å². The molecule has 162 valence electrons. The number of carbonyl (C=O) groups excluding carboxylic acids is 3. The minimum absolute atomic E-state index is 0.107. The Labute approximate surface area is 181 Å². The monoisotopic (exact) mass is 421 g/mol. The highest BCUT2D eigenvalue weighted by Gasteiger charge is 2.34. The topological polar surface area (TPSA) is 85.8 Å². The summed E-state index contributed by atoms with van der Waals surface area (Å²) >= 11 is 0. The van der Waals surface area contributed by atoms with Crippen molar-refractivity contribution in [3.63, 3.8) is 0 Å². The summed E-state index contributed by atoms with van der Waals surface area (Å²) in [5.41, 5.74) is 1.86. The van der Waals surface area contributed by atoms with E-state index in [9.17, 15) is 14.4 Å². The summed E-state index contributed by atoms with van der Waals surface area (Å²) in [7, 11) is 2.11. The number of nitrogens with one attached hydrogen (secondary N) is 1. The lowest BCUT2D eigenvalue weighted by Gasteiger charge is -2.34. The molecular formula is C23H27N5O3. The van der Waals surface area contributed by atoms with Crippen molar-refractivity contribution < 1.29 is 14.4 Å². The molecule has 0 radical (unpaired) electrons. The standard InChI is InChI=1S/C23H27N5O3/c1-26-12-14-27(15-13-26)21-17(6-4-10-24-21)16-25-20(29)9-5-11-28-22(30)18-7-2-3-8-19(18)23(28)31/h2-4,6-8,10H,5,9,11-16H2,1H3,(H,25,29). The van der Waals surface area contributed by atoms with Gasteiger partial charge in [0.2, 0.25) is 5.91 Å². The molecular weight excluding hydrogens is 394 g/mol. The number of carbonyl (C=O) groups is 3. The third-order valence-corrected chi connectivity index (χ3v) is 5.81. The average Bonchev–Trinajstić information content (AvgIpc) is 3.03. The number of likely N-dealkylation sites (N-methyl/N-ethyl adjacent to an activating group) is 1. The van der Waals surface area contributed by atoms with Gasteiger partial charge in [-0.15, -0.1) is 0 Å². The first-order valence-electron chi connectivity index (χ1n) is 10.6. The maximum atomic E-state index is 12.4. The van der Waals surface area contributed by atoms with Gasteiger partial charge in [-0.05, 0) is 31.7 Å². The van der Waals surface area contributed by atoms with Gasteiger partial charge in [0.1, 0.15) is 5.82 Å². The molecule has 0 bridgehead atoms. The first-order valence-corrected chi connectivity index (χ1v) is 10.6. The molecule has 2 aliphatic rings. The molecule has 0 atom stereocenters. The van der Waals surface area contributed by atoms with E-state index in [0.717, 1.165) is 37.6 Å². The van der Waals surface area contributed by atoms with Gasteiger partial charge in [0.05, 0.1) is 11.1 Å². The Morgan fingerprint density at radius 2 is 1.68 bits per heavy atom. The lowest BCUT2D eigenvalue weighted by atomic mass is 10.1. The second kappa shape index (κ2) is 9.26. The quantitative estimate of drug-likeness (QED) is 0.683. The van der Waals surface area contributed by atoms with Gasteiger partial charge in [0.15, 0.2) is 0 Å². The van der Waals surface area contributed by atoms with Crippen LogP contribution in [0.5, 0.6) is 0 Å². The minimum Gasteiger partial charge on any atom is -0.354 e. The highest BCUT2D eigenvalue weighted by molar-refractivity contribution is 6.21. The van der Waals surface area contributed by atoms with Crippen molar-refractivity contribution >= 4 is 23.5 Å². The molecule has 31 heavy (non-hydrogen) atoms. The molecule has 0 aliphatic carbocycles. The van der Waals surface area contributed by atoms with Gasteiger partial charge in [-0.25, -0.2) is 4.98 Å². The van der Waals surface area contributed by atoms with Crippen LogP contribution in [0.4, 0.5) is 5.82 Å². The number of fused-ring (bicyclic) bond motifs is 1. The molecule has 4 rings (SSSR count). The molecule has 8 heteroatoms. The number of anilines is 1. The zero-order chi connectivity index (χ0) is 21.8. The summed E-state index contributed by atoms with van der Waals surface area (Å²) < 4.78 is 0. The van der Waals surface area contributed by atoms with Gasteiger partial charge in [-0.1, -0.05) is 18.2 Å². The Kier molecular flexibility index (Phi) is 6.27. The smallest absolute Gasteiger partial charge is 0.261 e. The summed E-state index contributed by atoms with van der Waals surface area (Å²) in [4.78, 5) is 47.4. The van der Waals surface area contributed by atoms with Gasteiger partial charge in [0.25, 0.3) is 11.8 Å². The number of aromatic nitrogens is 1. The summed E-state index contributed by atoms with van der Waals surface area (Å²) in [6.07, 6.45) is 2.45. The third-order valence-electron chi connectivity index (χ3n) is 5.81. The first kappa shape index (κ1) is 21.0. The lowest BCUT2D eigenvalue weighted by Crippen LogP contribution is -2.45. The molecule has 1 fully saturated rings. The molecule has 3 amide bonds. The maximum absolute atomic E-state index is 12.4. The average molecular weight is 422 g/mol. The lowest BCUT2D eigenvalue weighted by molar-refractivity contribution is -0.121. The number of piperazine rings is 1. The number of pyridine rings is 1. The SMILES string of the molecule is CN1CCN(c2ncccc2CNC(=O)CCCN2C(=O)c3ccccc3C2=O)CC1. The van der Waals surface area contributed by atoms with Crippen LogP contribution >= 0.6 is 0 Å². The van der Waals surface area contributed by atoms with Crippen LogP contribution in [0.2, 0.25) is 0 Å². The Balaban J connectivity index is 1.26. The molecule has 1 saturated heterocycles. The van der Waals surface area contributed by atoms with Gasteiger partial charge in [-0.2, -0.15) is 0 Å². The zero-order valence-corrected chi connectivity index (χ0v) is 17.7. The Bertz CT molecular complexity index is 950. The van der Waals surface area contributed by atoms with E-state index in [-0.39, 0.29) is 30.7 Å². The van der Waals surface area contributed by atoms with Crippen LogP contribution in [-0.4, -0.2) is 72.3 Å². The molecule has 0 unspecified atom stereocenters. The molecule has 1 aromatic carbocycles. The predicted octanol–water partition coefficient (Wildman–Crippen LogP) is 1.53. The summed E-state index contributed by atoms with van der Waals surface area (Å²) in [6.45, 7) is 4.43. The van der Waals surface area contributed by atoms with Crippen LogP contribution in [-0.2, 0) is 11.3 Å². The van der Waals surface area contributed by atoms with Crippen molar-refractivity contribution in [2.75, 3.05) is 44.7 Å². The molecule has 0 spiro atoms. The van der Waals surface area contributed by atoms with Crippen LogP contribution in [0, 0.1) is 0 Å². The number of hydrogen-bond acceptors (Lipinski definition) is 6. The second-order valence-electron chi connectivity index (χ2n) is 7.96. The number of amides is 3. The molecule has 0 saturated carbocycles. The summed E-state index contributed by atoms with van der Waals surface area (Å²) in [5, 5.41) is 2.95. The molecule has 3 heterocycles. The van der Waals surface area contributed by atoms with Crippen LogP contribution in [0.3, 0.4) is 0 Å². The Morgan fingerprint density at radius 3 is 2.35 bits per heavy atom. The van der Waals surface area contributed by atoms with Crippen molar-refractivity contribution in [3.05, 3.63) is 59.3 Å². The van der Waals surface area contributed by atoms with E-state index in [1.165, 1.54) is 4.90 Å². The van der Waals surface area contributed by atoms with E-state index in [4.69, 9.17) is 0 Å². The molecule has 1 N–H and O–H groups in total. The van der Waals surface area contributed by atoms with E-state index in [2.05, 4.69) is 27.1 Å². The van der Waals surface area contributed by atoms with E-state index in [1.54, 1.807) is 30.5 Å². The van der Waals surface area contributed by atoms with Crippen molar-refractivity contribution in [2.45, 2.75) is 19.4 Å². The van der Waals surface area contributed by atoms with Gasteiger partial charge >= 0.3 is 0 Å². The largest absolute Gasteiger partial charge is 0.354 e. The molecule has 1 aromatic heterocycles. The number of imide groups is 1. The van der Waals surface area contributed by atoms with Crippen molar-refractivity contribution in [2.24, 2.45) is 0 Å². The number of hydrogen-bond donors (Lipinski definition) is 1. The number of nitrogens with zero attached hydrogens (tertiary/aromatic N) is 4. The number of benzene rings is 1. The van der Waals surface area contributed by atoms with Crippen LogP contribution < -0.4 is 10.2 Å². The maximum Gasteiger partial charge on any atom is 0.261 e. The highest BCUT2D eigenvalue weighted by Crippen LogP contribution is 2.23. The van der Waals surface area contributed by atoms with Crippen LogP contribution in [0.15, 0.2) is 42.6 Å². The molecule has 8 nitrogen and oxygen atoms in total. The molecule has 2 aliphatic heterocycles.